The first-order chi connectivity index (χ1) is 8.48. The van der Waals surface area contributed by atoms with Crippen molar-refractivity contribution in [1.29, 1.82) is 0 Å². The van der Waals surface area contributed by atoms with Crippen molar-refractivity contribution in [3.8, 4) is 0 Å². The summed E-state index contributed by atoms with van der Waals surface area (Å²) < 4.78 is 2.52. The molecule has 2 rings (SSSR count). The number of hydrazine groups is 1. The van der Waals surface area contributed by atoms with Gasteiger partial charge in [-0.2, -0.15) is 0 Å². The second kappa shape index (κ2) is 5.24. The van der Waals surface area contributed by atoms with Crippen molar-refractivity contribution in [2.75, 3.05) is 13.1 Å². The second-order valence-corrected chi connectivity index (χ2v) is 6.09. The Hall–Kier alpha value is -0.500. The van der Waals surface area contributed by atoms with E-state index in [9.17, 15) is 0 Å². The first kappa shape index (κ1) is 13.9. The van der Waals surface area contributed by atoms with E-state index < -0.39 is 0 Å². The monoisotopic (exact) mass is 316 g/mol. The molecule has 1 fully saturated rings. The molecule has 1 aromatic rings. The number of nitrogens with one attached hydrogen (secondary N) is 1. The molecule has 1 aliphatic heterocycles. The average Bonchev–Trinajstić information content (AvgIpc) is 2.94. The highest BCUT2D eigenvalue weighted by Crippen LogP contribution is 2.35. The van der Waals surface area contributed by atoms with Crippen LogP contribution in [0, 0.1) is 0 Å². The Morgan fingerprint density at radius 3 is 2.44 bits per heavy atom. The van der Waals surface area contributed by atoms with Crippen molar-refractivity contribution in [2.24, 2.45) is 12.9 Å². The highest BCUT2D eigenvalue weighted by molar-refractivity contribution is 9.10. The van der Waals surface area contributed by atoms with Crippen LogP contribution in [-0.4, -0.2) is 38.5 Å². The maximum absolute atomic E-state index is 5.79. The molecular formula is C11H21BrN6. The first-order valence-electron chi connectivity index (χ1n) is 6.24. The summed E-state index contributed by atoms with van der Waals surface area (Å²) in [6.07, 6.45) is 2.51. The number of nitrogens with zero attached hydrogens (tertiary/aromatic N) is 4. The highest BCUT2D eigenvalue weighted by Gasteiger charge is 2.39. The Balaban J connectivity index is 2.32. The summed E-state index contributed by atoms with van der Waals surface area (Å²) in [7, 11) is 1.89. The van der Waals surface area contributed by atoms with Gasteiger partial charge >= 0.3 is 0 Å². The van der Waals surface area contributed by atoms with Gasteiger partial charge in [0.1, 0.15) is 0 Å². The molecule has 102 valence electrons. The number of halogens is 1. The van der Waals surface area contributed by atoms with E-state index in [1.165, 1.54) is 12.8 Å². The smallest absolute Gasteiger partial charge is 0.153 e. The van der Waals surface area contributed by atoms with E-state index in [0.717, 1.165) is 23.4 Å². The van der Waals surface area contributed by atoms with Gasteiger partial charge in [-0.15, -0.1) is 5.10 Å². The fraction of sp³-hybridized carbons (Fsp3) is 0.818. The van der Waals surface area contributed by atoms with Crippen LogP contribution in [0.4, 0.5) is 0 Å². The molecule has 1 aromatic heterocycles. The molecule has 1 saturated heterocycles. The van der Waals surface area contributed by atoms with Crippen LogP contribution in [0.2, 0.25) is 0 Å². The lowest BCUT2D eigenvalue weighted by molar-refractivity contribution is 0.103. The highest BCUT2D eigenvalue weighted by atomic mass is 79.9. The third-order valence-electron chi connectivity index (χ3n) is 3.89. The normalized spacial score (nSPS) is 19.4. The minimum absolute atomic E-state index is 0.0232. The minimum atomic E-state index is -0.0801. The van der Waals surface area contributed by atoms with E-state index >= 15 is 0 Å². The van der Waals surface area contributed by atoms with E-state index in [4.69, 9.17) is 5.84 Å². The van der Waals surface area contributed by atoms with Crippen molar-refractivity contribution < 1.29 is 0 Å². The molecule has 18 heavy (non-hydrogen) atoms. The van der Waals surface area contributed by atoms with E-state index in [1.54, 1.807) is 4.68 Å². The van der Waals surface area contributed by atoms with Gasteiger partial charge in [-0.25, -0.2) is 10.1 Å². The quantitative estimate of drug-likeness (QED) is 0.639. The standard InChI is InChI=1S/C11H21BrN6/c1-11(2,18-6-4-5-7-18)9(14-13)8-10(12)15-16-17(8)3/h9,14H,4-7,13H2,1-3H3. The maximum Gasteiger partial charge on any atom is 0.153 e. The van der Waals surface area contributed by atoms with Crippen LogP contribution in [-0.2, 0) is 7.05 Å². The predicted octanol–water partition coefficient (Wildman–Crippen LogP) is 0.956. The molecule has 3 N–H and O–H groups in total. The summed E-state index contributed by atoms with van der Waals surface area (Å²) in [6, 6.07) is -0.0232. The Morgan fingerprint density at radius 1 is 1.39 bits per heavy atom. The zero-order valence-electron chi connectivity index (χ0n) is 11.1. The van der Waals surface area contributed by atoms with Gasteiger partial charge in [-0.3, -0.25) is 10.7 Å². The second-order valence-electron chi connectivity index (χ2n) is 5.34. The van der Waals surface area contributed by atoms with E-state index in [-0.39, 0.29) is 11.6 Å². The number of nitrogens with two attached hydrogens (primary N) is 1. The predicted molar refractivity (Wildman–Crippen MR) is 73.7 cm³/mol. The van der Waals surface area contributed by atoms with Gasteiger partial charge in [0, 0.05) is 12.6 Å². The fourth-order valence-electron chi connectivity index (χ4n) is 2.74. The Kier molecular flexibility index (Phi) is 4.05. The minimum Gasteiger partial charge on any atom is -0.296 e. The summed E-state index contributed by atoms with van der Waals surface area (Å²) in [4.78, 5) is 2.47. The molecular weight excluding hydrogens is 296 g/mol. The van der Waals surface area contributed by atoms with E-state index in [2.05, 4.69) is 50.4 Å². The molecule has 7 heteroatoms. The Labute approximate surface area is 116 Å². The number of rotatable bonds is 4. The molecule has 6 nitrogen and oxygen atoms in total. The molecule has 0 saturated carbocycles. The summed E-state index contributed by atoms with van der Waals surface area (Å²) in [6.45, 7) is 6.66. The van der Waals surface area contributed by atoms with Gasteiger partial charge in [0.25, 0.3) is 0 Å². The molecule has 0 aliphatic carbocycles. The lowest BCUT2D eigenvalue weighted by Crippen LogP contribution is -2.53. The van der Waals surface area contributed by atoms with Crippen LogP contribution in [0.15, 0.2) is 4.60 Å². The van der Waals surface area contributed by atoms with Crippen LogP contribution in [0.25, 0.3) is 0 Å². The number of hydrogen-bond donors (Lipinski definition) is 2. The number of likely N-dealkylation sites (tertiary alicyclic amines) is 1. The fourth-order valence-corrected chi connectivity index (χ4v) is 3.30. The molecule has 0 spiro atoms. The van der Waals surface area contributed by atoms with Gasteiger partial charge in [0.2, 0.25) is 0 Å². The topological polar surface area (TPSA) is 72.0 Å². The molecule has 2 heterocycles. The molecule has 1 atom stereocenters. The van der Waals surface area contributed by atoms with Crippen molar-refractivity contribution in [3.63, 3.8) is 0 Å². The summed E-state index contributed by atoms with van der Waals surface area (Å²) >= 11 is 3.45. The molecule has 0 radical (unpaired) electrons. The van der Waals surface area contributed by atoms with Gasteiger partial charge in [0.15, 0.2) is 4.60 Å². The van der Waals surface area contributed by atoms with E-state index in [0.29, 0.717) is 0 Å². The van der Waals surface area contributed by atoms with Crippen LogP contribution >= 0.6 is 15.9 Å². The molecule has 0 amide bonds. The van der Waals surface area contributed by atoms with Crippen molar-refractivity contribution in [1.82, 2.24) is 25.3 Å². The van der Waals surface area contributed by atoms with Gasteiger partial charge in [-0.05, 0) is 55.7 Å². The van der Waals surface area contributed by atoms with Crippen molar-refractivity contribution in [3.05, 3.63) is 10.3 Å². The largest absolute Gasteiger partial charge is 0.296 e. The third kappa shape index (κ3) is 2.32. The van der Waals surface area contributed by atoms with Crippen LogP contribution < -0.4 is 11.3 Å². The Bertz CT molecular complexity index is 390. The summed E-state index contributed by atoms with van der Waals surface area (Å²) in [5.74, 6) is 5.79. The zero-order valence-corrected chi connectivity index (χ0v) is 12.7. The summed E-state index contributed by atoms with van der Waals surface area (Å²) in [5, 5.41) is 8.07. The molecule has 1 aliphatic rings. The first-order valence-corrected chi connectivity index (χ1v) is 7.04. The van der Waals surface area contributed by atoms with Gasteiger partial charge in [-0.1, -0.05) is 5.21 Å². The van der Waals surface area contributed by atoms with Crippen LogP contribution in [0.3, 0.4) is 0 Å². The molecule has 0 aromatic carbocycles. The third-order valence-corrected chi connectivity index (χ3v) is 4.46. The number of aromatic nitrogens is 3. The maximum atomic E-state index is 5.79. The molecule has 0 bridgehead atoms. The lowest BCUT2D eigenvalue weighted by Gasteiger charge is -2.41. The average molecular weight is 317 g/mol. The van der Waals surface area contributed by atoms with Gasteiger partial charge < -0.3 is 0 Å². The van der Waals surface area contributed by atoms with E-state index in [1.807, 2.05) is 7.05 Å². The Morgan fingerprint density at radius 2 is 2.00 bits per heavy atom. The van der Waals surface area contributed by atoms with Gasteiger partial charge in [0.05, 0.1) is 11.7 Å². The summed E-state index contributed by atoms with van der Waals surface area (Å²) in [5.41, 5.74) is 3.83. The zero-order chi connectivity index (χ0) is 13.3. The van der Waals surface area contributed by atoms with Crippen molar-refractivity contribution >= 4 is 15.9 Å². The number of aryl methyl sites for hydroxylation is 1. The lowest BCUT2D eigenvalue weighted by atomic mass is 9.90. The van der Waals surface area contributed by atoms with Crippen molar-refractivity contribution in [2.45, 2.75) is 38.3 Å². The SMILES string of the molecule is Cn1nnc(Br)c1C(NN)C(C)(C)N1CCCC1. The number of hydrogen-bond acceptors (Lipinski definition) is 5. The van der Waals surface area contributed by atoms with Crippen LogP contribution in [0.5, 0.6) is 0 Å². The van der Waals surface area contributed by atoms with Crippen LogP contribution in [0.1, 0.15) is 38.4 Å². The molecule has 1 unspecified atom stereocenters.